The molecule has 7 nitrogen and oxygen atoms in total. The van der Waals surface area contributed by atoms with Crippen LogP contribution in [0.2, 0.25) is 5.15 Å². The minimum Gasteiger partial charge on any atom is -0.391 e. The third-order valence-electron chi connectivity index (χ3n) is 6.99. The topological polar surface area (TPSA) is 72.6 Å². The van der Waals surface area contributed by atoms with Crippen LogP contribution in [0.1, 0.15) is 23.6 Å². The van der Waals surface area contributed by atoms with Crippen molar-refractivity contribution in [3.05, 3.63) is 156 Å². The molecule has 5 rings (SSSR count). The normalized spacial score (nSPS) is 11.6. The van der Waals surface area contributed by atoms with Crippen LogP contribution >= 0.6 is 23.4 Å². The fourth-order valence-electron chi connectivity index (χ4n) is 4.97. The van der Waals surface area contributed by atoms with E-state index in [0.29, 0.717) is 12.2 Å². The van der Waals surface area contributed by atoms with Crippen molar-refractivity contribution in [3.8, 4) is 5.69 Å². The zero-order valence-electron chi connectivity index (χ0n) is 24.3. The van der Waals surface area contributed by atoms with Gasteiger partial charge in [-0.2, -0.15) is 5.10 Å². The van der Waals surface area contributed by atoms with E-state index in [2.05, 4.69) is 58.2 Å². The van der Waals surface area contributed by atoms with Gasteiger partial charge in [-0.25, -0.2) is 4.68 Å². The summed E-state index contributed by atoms with van der Waals surface area (Å²) in [4.78, 5) is 25.5. The predicted octanol–water partition coefficient (Wildman–Crippen LogP) is 7.56. The zero-order valence-corrected chi connectivity index (χ0v) is 25.9. The molecule has 0 bridgehead atoms. The first-order valence-corrected chi connectivity index (χ1v) is 15.5. The lowest BCUT2D eigenvalue weighted by Crippen LogP contribution is -2.39. The second kappa shape index (κ2) is 14.7. The molecule has 44 heavy (non-hydrogen) atoms. The summed E-state index contributed by atoms with van der Waals surface area (Å²) in [5.41, 5.74) is 4.65. The number of carbonyl (C=O) groups excluding carboxylic acids is 1. The molecule has 0 spiro atoms. The van der Waals surface area contributed by atoms with Gasteiger partial charge in [0.05, 0.1) is 22.8 Å². The monoisotopic (exact) mass is 621 g/mol. The van der Waals surface area contributed by atoms with E-state index < -0.39 is 4.75 Å². The lowest BCUT2D eigenvalue weighted by atomic mass is 9.84. The van der Waals surface area contributed by atoms with Crippen molar-refractivity contribution in [2.24, 2.45) is 5.16 Å². The van der Waals surface area contributed by atoms with Gasteiger partial charge in [-0.3, -0.25) is 9.78 Å². The van der Waals surface area contributed by atoms with Crippen LogP contribution in [0.15, 0.2) is 140 Å². The third-order valence-corrected chi connectivity index (χ3v) is 8.82. The number of hydrogen-bond donors (Lipinski definition) is 0. The van der Waals surface area contributed by atoms with Gasteiger partial charge in [-0.1, -0.05) is 120 Å². The number of oxime groups is 1. The number of nitrogens with zero attached hydrogens (tertiary/aromatic N) is 5. The molecular weight excluding hydrogens is 590 g/mol. The average molecular weight is 622 g/mol. The summed E-state index contributed by atoms with van der Waals surface area (Å²) in [6, 6.07) is 34.6. The average Bonchev–Trinajstić information content (AvgIpc) is 3.47. The van der Waals surface area contributed by atoms with E-state index in [-0.39, 0.29) is 29.1 Å². The number of hydrogen-bond acceptors (Lipinski definition) is 6. The molecule has 0 N–H and O–H groups in total. The second-order valence-electron chi connectivity index (χ2n) is 9.70. The third kappa shape index (κ3) is 6.61. The molecule has 1 amide bonds. The highest BCUT2D eigenvalue weighted by molar-refractivity contribution is 8.01. The Morgan fingerprint density at radius 2 is 1.57 bits per heavy atom. The van der Waals surface area contributed by atoms with Crippen LogP contribution in [0, 0.1) is 0 Å². The van der Waals surface area contributed by atoms with Gasteiger partial charge < -0.3 is 9.74 Å². The van der Waals surface area contributed by atoms with Gasteiger partial charge in [0.15, 0.2) is 10.9 Å². The highest BCUT2D eigenvalue weighted by Gasteiger charge is 2.38. The van der Waals surface area contributed by atoms with Crippen molar-refractivity contribution >= 4 is 40.7 Å². The number of thioether (sulfide) groups is 1. The first kappa shape index (κ1) is 30.8. The highest BCUT2D eigenvalue weighted by Crippen LogP contribution is 2.48. The standard InChI is InChI=1S/C35H32ClN5O2S/c1-3-23-43-39-31(34(42)40(4-2)32-25-41(38-33(32)36)30-21-14-22-37-24-30)26-44-35(27-15-8-5-9-16-27,28-17-10-6-11-18-28)29-19-12-7-13-20-29/h3,5-22,24-25H,1,4,23,26H2,2H3. The molecule has 0 saturated carbocycles. The SMILES string of the molecule is C=CCON=C(CSC(c1ccccc1)(c1ccccc1)c1ccccc1)C(=O)N(CC)c1cn(-c2cccnc2)nc1Cl. The van der Waals surface area contributed by atoms with Crippen LogP contribution in [0.4, 0.5) is 5.69 Å². The molecule has 0 aliphatic carbocycles. The zero-order chi connectivity index (χ0) is 30.8. The van der Waals surface area contributed by atoms with Crippen LogP contribution in [0.25, 0.3) is 5.69 Å². The minimum atomic E-state index is -0.650. The molecule has 3 aromatic carbocycles. The van der Waals surface area contributed by atoms with Crippen LogP contribution in [0.5, 0.6) is 0 Å². The Morgan fingerprint density at radius 3 is 2.07 bits per heavy atom. The fourth-order valence-corrected chi connectivity index (χ4v) is 6.64. The molecule has 0 atom stereocenters. The summed E-state index contributed by atoms with van der Waals surface area (Å²) in [6.07, 6.45) is 6.67. The van der Waals surface area contributed by atoms with Crippen LogP contribution < -0.4 is 4.90 Å². The molecule has 0 unspecified atom stereocenters. The smallest absolute Gasteiger partial charge is 0.277 e. The summed E-state index contributed by atoms with van der Waals surface area (Å²) in [6.45, 7) is 6.10. The fraction of sp³-hybridized carbons (Fsp3) is 0.143. The second-order valence-corrected chi connectivity index (χ2v) is 11.2. The van der Waals surface area contributed by atoms with E-state index in [1.165, 1.54) is 0 Å². The van der Waals surface area contributed by atoms with E-state index in [0.717, 1.165) is 22.4 Å². The maximum absolute atomic E-state index is 14.3. The molecule has 0 aliphatic heterocycles. The number of amides is 1. The van der Waals surface area contributed by atoms with Gasteiger partial charge in [-0.05, 0) is 35.7 Å². The maximum Gasteiger partial charge on any atom is 0.277 e. The number of rotatable bonds is 13. The van der Waals surface area contributed by atoms with Gasteiger partial charge >= 0.3 is 0 Å². The lowest BCUT2D eigenvalue weighted by Gasteiger charge is -2.35. The Hall–Kier alpha value is -4.66. The van der Waals surface area contributed by atoms with Crippen molar-refractivity contribution in [3.63, 3.8) is 0 Å². The molecule has 0 radical (unpaired) electrons. The number of halogens is 1. The van der Waals surface area contributed by atoms with E-state index in [1.807, 2.05) is 73.7 Å². The molecule has 2 heterocycles. The van der Waals surface area contributed by atoms with Crippen LogP contribution in [0.3, 0.4) is 0 Å². The summed E-state index contributed by atoms with van der Waals surface area (Å²) in [5.74, 6) is -0.0979. The maximum atomic E-state index is 14.3. The Morgan fingerprint density at radius 1 is 0.977 bits per heavy atom. The number of aromatic nitrogens is 3. The Labute approximate surface area is 266 Å². The molecule has 5 aromatic rings. The molecule has 0 aliphatic rings. The van der Waals surface area contributed by atoms with Gasteiger partial charge in [0, 0.05) is 18.5 Å². The van der Waals surface area contributed by atoms with Gasteiger partial charge in [0.1, 0.15) is 12.3 Å². The summed E-state index contributed by atoms with van der Waals surface area (Å²) in [7, 11) is 0. The summed E-state index contributed by atoms with van der Waals surface area (Å²) >= 11 is 8.20. The van der Waals surface area contributed by atoms with Gasteiger partial charge in [-0.15, -0.1) is 11.8 Å². The number of carbonyl (C=O) groups is 1. The first-order valence-electron chi connectivity index (χ1n) is 14.2. The van der Waals surface area contributed by atoms with Crippen molar-refractivity contribution in [1.29, 1.82) is 0 Å². The number of pyridine rings is 1. The van der Waals surface area contributed by atoms with E-state index in [9.17, 15) is 4.79 Å². The van der Waals surface area contributed by atoms with Crippen molar-refractivity contribution in [1.82, 2.24) is 14.8 Å². The van der Waals surface area contributed by atoms with Crippen molar-refractivity contribution < 1.29 is 9.63 Å². The van der Waals surface area contributed by atoms with Crippen LogP contribution in [-0.2, 0) is 14.4 Å². The molecule has 0 fully saturated rings. The minimum absolute atomic E-state index is 0.161. The van der Waals surface area contributed by atoms with Crippen LogP contribution in [-0.4, -0.2) is 45.3 Å². The molecule has 2 aromatic heterocycles. The predicted molar refractivity (Wildman–Crippen MR) is 180 cm³/mol. The van der Waals surface area contributed by atoms with Crippen molar-refractivity contribution in [2.45, 2.75) is 11.7 Å². The van der Waals surface area contributed by atoms with Gasteiger partial charge in [0.2, 0.25) is 0 Å². The van der Waals surface area contributed by atoms with E-state index in [4.69, 9.17) is 16.4 Å². The molecule has 222 valence electrons. The quantitative estimate of drug-likeness (QED) is 0.0446. The molecule has 0 saturated heterocycles. The van der Waals surface area contributed by atoms with E-state index >= 15 is 0 Å². The summed E-state index contributed by atoms with van der Waals surface area (Å²) < 4.78 is 0.953. The largest absolute Gasteiger partial charge is 0.391 e. The van der Waals surface area contributed by atoms with Crippen molar-refractivity contribution in [2.75, 3.05) is 23.8 Å². The Bertz CT molecular complexity index is 1600. The Kier molecular flexibility index (Phi) is 10.3. The lowest BCUT2D eigenvalue weighted by molar-refractivity contribution is -0.112. The number of anilines is 1. The first-order chi connectivity index (χ1) is 21.6. The van der Waals surface area contributed by atoms with Gasteiger partial charge in [0.25, 0.3) is 5.91 Å². The highest BCUT2D eigenvalue weighted by atomic mass is 35.5. The van der Waals surface area contributed by atoms with E-state index in [1.54, 1.807) is 46.0 Å². The number of benzene rings is 3. The summed E-state index contributed by atoms with van der Waals surface area (Å²) in [5, 5.41) is 8.96. The molecule has 9 heteroatoms. The molecular formula is C35H32ClN5O2S. The Balaban J connectivity index is 1.55.